The lowest BCUT2D eigenvalue weighted by atomic mass is 9.88. The van der Waals surface area contributed by atoms with E-state index in [1.165, 1.54) is 28.0 Å². The first kappa shape index (κ1) is 14.1. The van der Waals surface area contributed by atoms with Crippen LogP contribution in [-0.4, -0.2) is 58.2 Å². The molecule has 8 nitrogen and oxygen atoms in total. The van der Waals surface area contributed by atoms with Crippen molar-refractivity contribution in [3.05, 3.63) is 0 Å². The zero-order valence-electron chi connectivity index (χ0n) is 11.0. The van der Waals surface area contributed by atoms with Crippen molar-refractivity contribution in [3.8, 4) is 0 Å². The predicted molar refractivity (Wildman–Crippen MR) is 63.0 cm³/mol. The van der Waals surface area contributed by atoms with Gasteiger partial charge in [-0.3, -0.25) is 14.8 Å². The molecule has 2 amide bonds. The van der Waals surface area contributed by atoms with Gasteiger partial charge in [-0.15, -0.1) is 0 Å². The summed E-state index contributed by atoms with van der Waals surface area (Å²) in [4.78, 5) is 28.2. The van der Waals surface area contributed by atoms with Gasteiger partial charge in [0.15, 0.2) is 0 Å². The van der Waals surface area contributed by atoms with E-state index in [0.29, 0.717) is 5.06 Å². The quantitative estimate of drug-likeness (QED) is 0.431. The Morgan fingerprint density at radius 2 is 2.11 bits per heavy atom. The number of carbonyl (C=O) groups is 2. The van der Waals surface area contributed by atoms with Gasteiger partial charge >= 0.3 is 0 Å². The number of rotatable bonds is 3. The summed E-state index contributed by atoms with van der Waals surface area (Å²) < 4.78 is 0. The Hall–Kier alpha value is -1.96. The van der Waals surface area contributed by atoms with E-state index in [2.05, 4.69) is 15.1 Å². The molecule has 100 valence electrons. The average molecular weight is 256 g/mol. The van der Waals surface area contributed by atoms with E-state index in [9.17, 15) is 14.8 Å². The number of hydrogen-bond donors (Lipinski definition) is 1. The van der Waals surface area contributed by atoms with E-state index in [0.717, 1.165) is 11.9 Å². The van der Waals surface area contributed by atoms with Gasteiger partial charge in [-0.2, -0.15) is 10.2 Å². The van der Waals surface area contributed by atoms with Gasteiger partial charge in [0.2, 0.25) is 11.4 Å². The Morgan fingerprint density at radius 1 is 1.56 bits per heavy atom. The van der Waals surface area contributed by atoms with Crippen LogP contribution in [0.25, 0.3) is 0 Å². The Labute approximate surface area is 104 Å². The maximum Gasteiger partial charge on any atom is 0.282 e. The first-order valence-electron chi connectivity index (χ1n) is 5.21. The van der Waals surface area contributed by atoms with E-state index in [-0.39, 0.29) is 11.4 Å². The second-order valence-electron chi connectivity index (χ2n) is 3.91. The minimum absolute atomic E-state index is 0.123. The molecule has 0 spiro atoms. The minimum atomic E-state index is -1.73. The van der Waals surface area contributed by atoms with E-state index in [1.54, 1.807) is 0 Å². The molecule has 1 atom stereocenters. The van der Waals surface area contributed by atoms with Crippen molar-refractivity contribution in [3.63, 3.8) is 0 Å². The number of nitrogens with zero attached hydrogens (tertiary/aromatic N) is 4. The number of oxime groups is 1. The van der Waals surface area contributed by atoms with Crippen molar-refractivity contribution < 1.29 is 19.6 Å². The third-order valence-corrected chi connectivity index (χ3v) is 2.79. The van der Waals surface area contributed by atoms with Gasteiger partial charge in [0.1, 0.15) is 7.11 Å². The fraction of sp³-hybridized carbons (Fsp3) is 0.600. The number of amides is 2. The van der Waals surface area contributed by atoms with Crippen molar-refractivity contribution >= 4 is 23.2 Å². The molecule has 1 N–H and O–H groups in total. The summed E-state index contributed by atoms with van der Waals surface area (Å²) >= 11 is 0. The largest absolute Gasteiger partial charge is 0.399 e. The zero-order chi connectivity index (χ0) is 14.1. The standard InChI is InChI=1S/C10H16N4O4/c1-6-10(7(2)12-18-5,14(17)8(3)15)9(16)13(4)11-6/h17H,1-5H3/b12-7+. The highest BCUT2D eigenvalue weighted by Gasteiger charge is 2.57. The Bertz CT molecular complexity index is 445. The molecule has 0 aromatic rings. The van der Waals surface area contributed by atoms with Crippen molar-refractivity contribution in [1.29, 1.82) is 0 Å². The molecule has 18 heavy (non-hydrogen) atoms. The van der Waals surface area contributed by atoms with E-state index < -0.39 is 17.4 Å². The molecule has 0 aromatic carbocycles. The van der Waals surface area contributed by atoms with E-state index in [4.69, 9.17) is 0 Å². The van der Waals surface area contributed by atoms with Crippen LogP contribution in [0.15, 0.2) is 10.3 Å². The second-order valence-corrected chi connectivity index (χ2v) is 3.91. The topological polar surface area (TPSA) is 94.8 Å². The summed E-state index contributed by atoms with van der Waals surface area (Å²) in [6, 6.07) is 0. The van der Waals surface area contributed by atoms with Gasteiger partial charge in [0, 0.05) is 14.0 Å². The van der Waals surface area contributed by atoms with Crippen LogP contribution in [0.4, 0.5) is 0 Å². The van der Waals surface area contributed by atoms with Crippen LogP contribution in [0, 0.1) is 0 Å². The predicted octanol–water partition coefficient (Wildman–Crippen LogP) is -0.167. The number of likely N-dealkylation sites (N-methyl/N-ethyl adjacent to an activating group) is 1. The molecule has 0 bridgehead atoms. The monoisotopic (exact) mass is 256 g/mol. The van der Waals surface area contributed by atoms with Crippen molar-refractivity contribution in [2.45, 2.75) is 26.3 Å². The molecule has 0 saturated heterocycles. The molecule has 0 aromatic heterocycles. The molecule has 1 rings (SSSR count). The Balaban J connectivity index is 3.46. The van der Waals surface area contributed by atoms with Crippen LogP contribution in [-0.2, 0) is 14.4 Å². The first-order chi connectivity index (χ1) is 8.29. The van der Waals surface area contributed by atoms with Gasteiger partial charge in [0.25, 0.3) is 5.91 Å². The Morgan fingerprint density at radius 3 is 2.44 bits per heavy atom. The number of hydrogen-bond acceptors (Lipinski definition) is 6. The lowest BCUT2D eigenvalue weighted by molar-refractivity contribution is -0.179. The van der Waals surface area contributed by atoms with Crippen LogP contribution in [0.3, 0.4) is 0 Å². The molecular formula is C10H16N4O4. The van der Waals surface area contributed by atoms with Gasteiger partial charge in [0.05, 0.1) is 11.4 Å². The van der Waals surface area contributed by atoms with Crippen LogP contribution in [0.2, 0.25) is 0 Å². The van der Waals surface area contributed by atoms with Gasteiger partial charge < -0.3 is 4.84 Å². The highest BCUT2D eigenvalue weighted by atomic mass is 16.6. The van der Waals surface area contributed by atoms with E-state index >= 15 is 0 Å². The normalized spacial score (nSPS) is 24.1. The summed E-state index contributed by atoms with van der Waals surface area (Å²) in [5.74, 6) is -1.27. The summed E-state index contributed by atoms with van der Waals surface area (Å²) in [5.41, 5.74) is -1.36. The summed E-state index contributed by atoms with van der Waals surface area (Å²) in [6.45, 7) is 4.15. The number of carbonyl (C=O) groups excluding carboxylic acids is 2. The molecule has 0 radical (unpaired) electrons. The highest BCUT2D eigenvalue weighted by Crippen LogP contribution is 2.27. The van der Waals surface area contributed by atoms with Gasteiger partial charge in [-0.25, -0.2) is 5.01 Å². The van der Waals surface area contributed by atoms with Crippen molar-refractivity contribution in [2.24, 2.45) is 10.3 Å². The van der Waals surface area contributed by atoms with Gasteiger partial charge in [-0.1, -0.05) is 5.16 Å². The third-order valence-electron chi connectivity index (χ3n) is 2.79. The summed E-state index contributed by atoms with van der Waals surface area (Å²) in [7, 11) is 2.74. The molecule has 0 saturated carbocycles. The SMILES string of the molecule is CO/N=C(\C)C1(N(O)C(C)=O)C(=O)N(C)N=C1C. The van der Waals surface area contributed by atoms with Crippen molar-refractivity contribution in [1.82, 2.24) is 10.1 Å². The lowest BCUT2D eigenvalue weighted by Gasteiger charge is -2.33. The maximum absolute atomic E-state index is 12.2. The molecular weight excluding hydrogens is 240 g/mol. The summed E-state index contributed by atoms with van der Waals surface area (Å²) in [6.07, 6.45) is 0. The van der Waals surface area contributed by atoms with Crippen LogP contribution >= 0.6 is 0 Å². The number of hydrazone groups is 1. The molecule has 0 fully saturated rings. The molecule has 1 aliphatic rings. The molecule has 1 aliphatic heterocycles. The second kappa shape index (κ2) is 4.73. The minimum Gasteiger partial charge on any atom is -0.399 e. The zero-order valence-corrected chi connectivity index (χ0v) is 11.0. The average Bonchev–Trinajstić information content (AvgIpc) is 2.50. The molecule has 1 heterocycles. The molecule has 1 unspecified atom stereocenters. The molecule has 8 heteroatoms. The highest BCUT2D eigenvalue weighted by molar-refractivity contribution is 6.33. The third kappa shape index (κ3) is 1.74. The maximum atomic E-state index is 12.2. The van der Waals surface area contributed by atoms with Crippen LogP contribution in [0.1, 0.15) is 20.8 Å². The lowest BCUT2D eigenvalue weighted by Crippen LogP contribution is -2.63. The summed E-state index contributed by atoms with van der Waals surface area (Å²) in [5, 5.41) is 18.9. The smallest absolute Gasteiger partial charge is 0.282 e. The molecule has 0 aliphatic carbocycles. The Kier molecular flexibility index (Phi) is 3.70. The first-order valence-corrected chi connectivity index (χ1v) is 5.21. The van der Waals surface area contributed by atoms with Crippen LogP contribution in [0.5, 0.6) is 0 Å². The van der Waals surface area contributed by atoms with Crippen LogP contribution < -0.4 is 0 Å². The fourth-order valence-corrected chi connectivity index (χ4v) is 1.98. The van der Waals surface area contributed by atoms with E-state index in [1.807, 2.05) is 0 Å². The fourth-order valence-electron chi connectivity index (χ4n) is 1.98. The number of hydroxylamine groups is 2. The van der Waals surface area contributed by atoms with Crippen molar-refractivity contribution in [2.75, 3.05) is 14.2 Å². The van der Waals surface area contributed by atoms with Gasteiger partial charge in [-0.05, 0) is 13.8 Å².